The summed E-state index contributed by atoms with van der Waals surface area (Å²) in [4.78, 5) is 9.20. The number of benzene rings is 1. The summed E-state index contributed by atoms with van der Waals surface area (Å²) in [6, 6.07) is 11.9. The number of hydrogen-bond donors (Lipinski definition) is 0. The Kier molecular flexibility index (Phi) is 3.80. The first-order valence-corrected chi connectivity index (χ1v) is 7.32. The zero-order valence-electron chi connectivity index (χ0n) is 12.0. The van der Waals surface area contributed by atoms with Gasteiger partial charge in [-0.05, 0) is 24.6 Å². The van der Waals surface area contributed by atoms with E-state index in [1.54, 1.807) is 7.11 Å². The number of alkyl halides is 1. The van der Waals surface area contributed by atoms with Gasteiger partial charge < -0.3 is 4.74 Å². The van der Waals surface area contributed by atoms with E-state index in [2.05, 4.69) is 33.6 Å². The standard InChI is InChI=1S/C16H16ClN3O/c1-11-5-3-4-6-13(11)20-14(9-10-17)18-12-7-8-15(21-2)19-16(12)20/h3-8H,9-10H2,1-2H3. The highest BCUT2D eigenvalue weighted by Gasteiger charge is 2.15. The van der Waals surface area contributed by atoms with Crippen molar-refractivity contribution in [1.29, 1.82) is 0 Å². The van der Waals surface area contributed by atoms with E-state index in [0.717, 1.165) is 28.2 Å². The third kappa shape index (κ3) is 2.47. The fourth-order valence-corrected chi connectivity index (χ4v) is 2.59. The van der Waals surface area contributed by atoms with Crippen LogP contribution in [0.2, 0.25) is 0 Å². The van der Waals surface area contributed by atoms with Crippen LogP contribution >= 0.6 is 11.6 Å². The lowest BCUT2D eigenvalue weighted by Gasteiger charge is -2.11. The molecule has 108 valence electrons. The summed E-state index contributed by atoms with van der Waals surface area (Å²) >= 11 is 5.92. The molecule has 0 atom stereocenters. The maximum absolute atomic E-state index is 5.92. The zero-order valence-corrected chi connectivity index (χ0v) is 12.8. The second-order valence-electron chi connectivity index (χ2n) is 4.79. The smallest absolute Gasteiger partial charge is 0.215 e. The predicted molar refractivity (Wildman–Crippen MR) is 84.6 cm³/mol. The number of hydrogen-bond acceptors (Lipinski definition) is 3. The van der Waals surface area contributed by atoms with Gasteiger partial charge in [-0.25, -0.2) is 4.98 Å². The molecule has 0 N–H and O–H groups in total. The summed E-state index contributed by atoms with van der Waals surface area (Å²) in [5.74, 6) is 2.01. The molecular formula is C16H16ClN3O. The van der Waals surface area contributed by atoms with Crippen LogP contribution in [0.3, 0.4) is 0 Å². The van der Waals surface area contributed by atoms with Gasteiger partial charge in [0.2, 0.25) is 5.88 Å². The van der Waals surface area contributed by atoms with Crippen molar-refractivity contribution in [3.05, 3.63) is 47.8 Å². The highest BCUT2D eigenvalue weighted by molar-refractivity contribution is 6.17. The third-order valence-corrected chi connectivity index (χ3v) is 3.62. The number of aromatic nitrogens is 3. The van der Waals surface area contributed by atoms with Crippen LogP contribution in [0.4, 0.5) is 0 Å². The molecule has 0 saturated heterocycles. The van der Waals surface area contributed by atoms with Crippen LogP contribution in [0, 0.1) is 6.92 Å². The van der Waals surface area contributed by atoms with Gasteiger partial charge in [-0.3, -0.25) is 4.57 Å². The van der Waals surface area contributed by atoms with Crippen LogP contribution in [-0.2, 0) is 6.42 Å². The highest BCUT2D eigenvalue weighted by atomic mass is 35.5. The van der Waals surface area contributed by atoms with Crippen molar-refractivity contribution in [1.82, 2.24) is 14.5 Å². The van der Waals surface area contributed by atoms with Crippen molar-refractivity contribution in [3.8, 4) is 11.6 Å². The first kappa shape index (κ1) is 13.9. The number of halogens is 1. The fourth-order valence-electron chi connectivity index (χ4n) is 2.42. The summed E-state index contributed by atoms with van der Waals surface area (Å²) in [6.45, 7) is 2.08. The van der Waals surface area contributed by atoms with E-state index in [9.17, 15) is 0 Å². The van der Waals surface area contributed by atoms with Gasteiger partial charge in [-0.2, -0.15) is 4.98 Å². The number of imidazole rings is 1. The molecule has 0 bridgehead atoms. The van der Waals surface area contributed by atoms with Crippen molar-refractivity contribution in [3.63, 3.8) is 0 Å². The van der Waals surface area contributed by atoms with Crippen LogP contribution in [0.15, 0.2) is 36.4 Å². The summed E-state index contributed by atoms with van der Waals surface area (Å²) in [5.41, 5.74) is 3.88. The maximum Gasteiger partial charge on any atom is 0.215 e. The van der Waals surface area contributed by atoms with Crippen LogP contribution in [0.1, 0.15) is 11.4 Å². The van der Waals surface area contributed by atoms with Gasteiger partial charge in [0.15, 0.2) is 5.65 Å². The summed E-state index contributed by atoms with van der Waals surface area (Å²) in [5, 5.41) is 0. The molecule has 3 rings (SSSR count). The molecule has 0 aliphatic rings. The van der Waals surface area contributed by atoms with Gasteiger partial charge in [-0.1, -0.05) is 18.2 Å². The number of para-hydroxylation sites is 1. The molecule has 0 aliphatic carbocycles. The number of nitrogens with zero attached hydrogens (tertiary/aromatic N) is 3. The van der Waals surface area contributed by atoms with E-state index in [0.29, 0.717) is 18.2 Å². The van der Waals surface area contributed by atoms with E-state index >= 15 is 0 Å². The number of fused-ring (bicyclic) bond motifs is 1. The average Bonchev–Trinajstić information content (AvgIpc) is 2.85. The number of ether oxygens (including phenoxy) is 1. The largest absolute Gasteiger partial charge is 0.481 e. The molecule has 21 heavy (non-hydrogen) atoms. The SMILES string of the molecule is COc1ccc2nc(CCCl)n(-c3ccccc3C)c2n1. The summed E-state index contributed by atoms with van der Waals surface area (Å²) < 4.78 is 7.30. The molecule has 0 spiro atoms. The minimum Gasteiger partial charge on any atom is -0.481 e. The molecule has 2 heterocycles. The number of aryl methyl sites for hydroxylation is 2. The monoisotopic (exact) mass is 301 g/mol. The molecule has 0 unspecified atom stereocenters. The van der Waals surface area contributed by atoms with Gasteiger partial charge >= 0.3 is 0 Å². The van der Waals surface area contributed by atoms with Gasteiger partial charge in [-0.15, -0.1) is 11.6 Å². The Morgan fingerprint density at radius 1 is 1.14 bits per heavy atom. The Hall–Kier alpha value is -2.07. The van der Waals surface area contributed by atoms with Crippen LogP contribution in [0.25, 0.3) is 16.9 Å². The molecule has 0 aliphatic heterocycles. The quantitative estimate of drug-likeness (QED) is 0.692. The maximum atomic E-state index is 5.92. The Bertz CT molecular complexity index is 782. The van der Waals surface area contributed by atoms with E-state index in [-0.39, 0.29) is 0 Å². The molecular weight excluding hydrogens is 286 g/mol. The van der Waals surface area contributed by atoms with Crippen LogP contribution in [-0.4, -0.2) is 27.5 Å². The molecule has 3 aromatic rings. The molecule has 5 heteroatoms. The van der Waals surface area contributed by atoms with Crippen molar-refractivity contribution in [2.45, 2.75) is 13.3 Å². The van der Waals surface area contributed by atoms with Crippen LogP contribution in [0.5, 0.6) is 5.88 Å². The Labute approximate surface area is 128 Å². The molecule has 4 nitrogen and oxygen atoms in total. The average molecular weight is 302 g/mol. The lowest BCUT2D eigenvalue weighted by Crippen LogP contribution is -2.04. The van der Waals surface area contributed by atoms with E-state index in [1.807, 2.05) is 24.3 Å². The van der Waals surface area contributed by atoms with E-state index < -0.39 is 0 Å². The summed E-state index contributed by atoms with van der Waals surface area (Å²) in [7, 11) is 1.61. The van der Waals surface area contributed by atoms with Crippen molar-refractivity contribution >= 4 is 22.8 Å². The number of pyridine rings is 1. The molecule has 0 amide bonds. The molecule has 0 fully saturated rings. The minimum absolute atomic E-state index is 0.520. The molecule has 2 aromatic heterocycles. The topological polar surface area (TPSA) is 39.9 Å². The highest BCUT2D eigenvalue weighted by Crippen LogP contribution is 2.24. The predicted octanol–water partition coefficient (Wildman–Crippen LogP) is 3.52. The van der Waals surface area contributed by atoms with Crippen LogP contribution < -0.4 is 4.74 Å². The van der Waals surface area contributed by atoms with Crippen molar-refractivity contribution < 1.29 is 4.74 Å². The first-order chi connectivity index (χ1) is 10.2. The Balaban J connectivity index is 2.31. The molecule has 1 aromatic carbocycles. The first-order valence-electron chi connectivity index (χ1n) is 6.79. The minimum atomic E-state index is 0.520. The normalized spacial score (nSPS) is 11.0. The number of rotatable bonds is 4. The molecule has 0 saturated carbocycles. The second-order valence-corrected chi connectivity index (χ2v) is 5.16. The lowest BCUT2D eigenvalue weighted by molar-refractivity contribution is 0.399. The lowest BCUT2D eigenvalue weighted by atomic mass is 10.2. The Morgan fingerprint density at radius 3 is 2.67 bits per heavy atom. The van der Waals surface area contributed by atoms with E-state index in [1.165, 1.54) is 0 Å². The number of methoxy groups -OCH3 is 1. The Morgan fingerprint density at radius 2 is 1.95 bits per heavy atom. The van der Waals surface area contributed by atoms with Gasteiger partial charge in [0, 0.05) is 18.4 Å². The van der Waals surface area contributed by atoms with Gasteiger partial charge in [0.25, 0.3) is 0 Å². The second kappa shape index (κ2) is 5.74. The van der Waals surface area contributed by atoms with Gasteiger partial charge in [0.05, 0.1) is 12.8 Å². The summed E-state index contributed by atoms with van der Waals surface area (Å²) in [6.07, 6.45) is 0.689. The fraction of sp³-hybridized carbons (Fsp3) is 0.250. The third-order valence-electron chi connectivity index (χ3n) is 3.43. The van der Waals surface area contributed by atoms with E-state index in [4.69, 9.17) is 16.3 Å². The van der Waals surface area contributed by atoms with Crippen molar-refractivity contribution in [2.24, 2.45) is 0 Å². The zero-order chi connectivity index (χ0) is 14.8. The van der Waals surface area contributed by atoms with Crippen molar-refractivity contribution in [2.75, 3.05) is 13.0 Å². The van der Waals surface area contributed by atoms with Gasteiger partial charge in [0.1, 0.15) is 11.3 Å². The molecule has 0 radical (unpaired) electrons.